The highest BCUT2D eigenvalue weighted by Gasteiger charge is 2.19. The molecule has 0 aliphatic rings. The lowest BCUT2D eigenvalue weighted by Crippen LogP contribution is -2.26. The van der Waals surface area contributed by atoms with E-state index in [-0.39, 0.29) is 17.7 Å². The Hall–Kier alpha value is -3.28. The Kier molecular flexibility index (Phi) is 5.68. The molecule has 1 atom stereocenters. The Morgan fingerprint density at radius 2 is 1.68 bits per heavy atom. The van der Waals surface area contributed by atoms with Crippen LogP contribution < -0.4 is 14.8 Å². The summed E-state index contributed by atoms with van der Waals surface area (Å²) < 4.78 is 15.9. The van der Waals surface area contributed by atoms with E-state index in [2.05, 4.69) is 10.5 Å². The number of rotatable bonds is 6. The molecular formula is C22H24N2O4. The quantitative estimate of drug-likeness (QED) is 0.683. The van der Waals surface area contributed by atoms with Gasteiger partial charge in [-0.25, -0.2) is 0 Å². The number of nitrogens with one attached hydrogen (secondary N) is 1. The molecule has 6 nitrogen and oxygen atoms in total. The zero-order valence-electron chi connectivity index (χ0n) is 16.7. The summed E-state index contributed by atoms with van der Waals surface area (Å²) in [5.41, 5.74) is 4.61. The molecule has 3 rings (SSSR count). The molecule has 0 aliphatic heterocycles. The first kappa shape index (κ1) is 19.5. The van der Waals surface area contributed by atoms with E-state index >= 15 is 0 Å². The van der Waals surface area contributed by atoms with Crippen LogP contribution >= 0.6 is 0 Å². The number of carbonyl (C=O) groups excluding carboxylic acids is 1. The smallest absolute Gasteiger partial charge is 0.290 e. The van der Waals surface area contributed by atoms with Crippen molar-refractivity contribution in [3.63, 3.8) is 0 Å². The van der Waals surface area contributed by atoms with Gasteiger partial charge in [0.1, 0.15) is 5.69 Å². The third-order valence-electron chi connectivity index (χ3n) is 4.67. The van der Waals surface area contributed by atoms with Crippen molar-refractivity contribution in [3.05, 3.63) is 64.9 Å². The lowest BCUT2D eigenvalue weighted by atomic mass is 10.0. The average molecular weight is 380 g/mol. The topological polar surface area (TPSA) is 73.6 Å². The van der Waals surface area contributed by atoms with Crippen molar-refractivity contribution in [1.29, 1.82) is 0 Å². The maximum absolute atomic E-state index is 12.6. The predicted octanol–water partition coefficient (Wildman–Crippen LogP) is 4.47. The molecule has 0 radical (unpaired) electrons. The number of ether oxygens (including phenoxy) is 2. The Bertz CT molecular complexity index is 977. The third kappa shape index (κ3) is 4.01. The number of aromatic nitrogens is 1. The van der Waals surface area contributed by atoms with E-state index in [9.17, 15) is 4.79 Å². The number of hydrogen-bond acceptors (Lipinski definition) is 5. The Labute approximate surface area is 164 Å². The maximum Gasteiger partial charge on any atom is 0.290 e. The Morgan fingerprint density at radius 3 is 2.32 bits per heavy atom. The molecule has 2 aromatic carbocycles. The molecule has 1 N–H and O–H groups in total. The largest absolute Gasteiger partial charge is 0.493 e. The summed E-state index contributed by atoms with van der Waals surface area (Å²) in [6, 6.07) is 13.0. The van der Waals surface area contributed by atoms with E-state index < -0.39 is 0 Å². The molecule has 6 heteroatoms. The minimum absolute atomic E-state index is 0.167. The van der Waals surface area contributed by atoms with Gasteiger partial charge in [-0.05, 0) is 44.0 Å². The van der Waals surface area contributed by atoms with Gasteiger partial charge in [0.25, 0.3) is 5.91 Å². The second-order valence-corrected chi connectivity index (χ2v) is 6.70. The second-order valence-electron chi connectivity index (χ2n) is 6.70. The van der Waals surface area contributed by atoms with E-state index in [0.29, 0.717) is 17.2 Å². The van der Waals surface area contributed by atoms with E-state index in [1.807, 2.05) is 57.2 Å². The first-order chi connectivity index (χ1) is 13.4. The highest BCUT2D eigenvalue weighted by Crippen LogP contribution is 2.33. The molecule has 1 amide bonds. The first-order valence-electron chi connectivity index (χ1n) is 9.00. The highest BCUT2D eigenvalue weighted by molar-refractivity contribution is 5.92. The summed E-state index contributed by atoms with van der Waals surface area (Å²) in [7, 11) is 3.18. The third-order valence-corrected chi connectivity index (χ3v) is 4.67. The molecule has 0 spiro atoms. The zero-order chi connectivity index (χ0) is 20.3. The summed E-state index contributed by atoms with van der Waals surface area (Å²) in [6.07, 6.45) is 0. The average Bonchev–Trinajstić information content (AvgIpc) is 3.18. The number of hydrogen-bond donors (Lipinski definition) is 1. The molecule has 3 aromatic rings. The van der Waals surface area contributed by atoms with E-state index in [1.165, 1.54) is 0 Å². The van der Waals surface area contributed by atoms with Gasteiger partial charge in [0, 0.05) is 11.6 Å². The minimum atomic E-state index is -0.326. The molecule has 1 aromatic heterocycles. The van der Waals surface area contributed by atoms with E-state index in [1.54, 1.807) is 20.3 Å². The van der Waals surface area contributed by atoms with E-state index in [4.69, 9.17) is 14.0 Å². The second kappa shape index (κ2) is 8.17. The summed E-state index contributed by atoms with van der Waals surface area (Å²) in [5.74, 6) is 1.11. The van der Waals surface area contributed by atoms with Crippen LogP contribution in [0.25, 0.3) is 11.3 Å². The summed E-state index contributed by atoms with van der Waals surface area (Å²) in [6.45, 7) is 5.89. The standard InChI is InChI=1S/C22H24N2O4/c1-13-6-8-16(9-7-13)18-12-21(28-24-18)22(25)23-15(3)17-11-20(27-5)19(26-4)10-14(17)2/h6-12,15H,1-5H3,(H,23,25). The first-order valence-corrected chi connectivity index (χ1v) is 9.00. The fourth-order valence-corrected chi connectivity index (χ4v) is 3.05. The molecule has 0 bridgehead atoms. The molecule has 0 saturated carbocycles. The van der Waals surface area contributed by atoms with Crippen molar-refractivity contribution in [3.8, 4) is 22.8 Å². The Balaban J connectivity index is 1.77. The van der Waals surface area contributed by atoms with Gasteiger partial charge in [0.15, 0.2) is 11.5 Å². The van der Waals surface area contributed by atoms with Crippen LogP contribution in [-0.4, -0.2) is 25.3 Å². The summed E-state index contributed by atoms with van der Waals surface area (Å²) >= 11 is 0. The molecule has 146 valence electrons. The van der Waals surface area contributed by atoms with Crippen LogP contribution in [0.3, 0.4) is 0 Å². The zero-order valence-corrected chi connectivity index (χ0v) is 16.7. The van der Waals surface area contributed by atoms with Crippen molar-refractivity contribution in [2.45, 2.75) is 26.8 Å². The van der Waals surface area contributed by atoms with Gasteiger partial charge in [-0.15, -0.1) is 0 Å². The normalized spacial score (nSPS) is 11.8. The molecular weight excluding hydrogens is 356 g/mol. The number of aryl methyl sites for hydroxylation is 2. The van der Waals surface area contributed by atoms with Crippen LogP contribution in [-0.2, 0) is 0 Å². The molecule has 0 aliphatic carbocycles. The van der Waals surface area contributed by atoms with Gasteiger partial charge < -0.3 is 19.3 Å². The van der Waals surface area contributed by atoms with Crippen LogP contribution in [0, 0.1) is 13.8 Å². The van der Waals surface area contributed by atoms with Gasteiger partial charge in [-0.1, -0.05) is 35.0 Å². The number of methoxy groups -OCH3 is 2. The number of benzene rings is 2. The number of carbonyl (C=O) groups is 1. The fraction of sp³-hybridized carbons (Fsp3) is 0.273. The van der Waals surface area contributed by atoms with Crippen LogP contribution in [0.15, 0.2) is 47.0 Å². The summed E-state index contributed by atoms with van der Waals surface area (Å²) in [4.78, 5) is 12.6. The van der Waals surface area contributed by atoms with E-state index in [0.717, 1.165) is 22.3 Å². The van der Waals surface area contributed by atoms with Gasteiger partial charge in [0.2, 0.25) is 5.76 Å². The molecule has 1 heterocycles. The van der Waals surface area contributed by atoms with Crippen molar-refractivity contribution in [2.24, 2.45) is 0 Å². The van der Waals surface area contributed by atoms with Crippen molar-refractivity contribution in [1.82, 2.24) is 10.5 Å². The van der Waals surface area contributed by atoms with Crippen molar-refractivity contribution >= 4 is 5.91 Å². The molecule has 28 heavy (non-hydrogen) atoms. The number of nitrogens with zero attached hydrogens (tertiary/aromatic N) is 1. The predicted molar refractivity (Wildman–Crippen MR) is 107 cm³/mol. The lowest BCUT2D eigenvalue weighted by Gasteiger charge is -2.18. The fourth-order valence-electron chi connectivity index (χ4n) is 3.05. The minimum Gasteiger partial charge on any atom is -0.493 e. The van der Waals surface area contributed by atoms with Crippen LogP contribution in [0.1, 0.15) is 40.2 Å². The highest BCUT2D eigenvalue weighted by atomic mass is 16.5. The summed E-state index contributed by atoms with van der Waals surface area (Å²) in [5, 5.41) is 6.96. The maximum atomic E-state index is 12.6. The lowest BCUT2D eigenvalue weighted by molar-refractivity contribution is 0.0902. The van der Waals surface area contributed by atoms with Crippen LogP contribution in [0.4, 0.5) is 0 Å². The molecule has 1 unspecified atom stereocenters. The van der Waals surface area contributed by atoms with Gasteiger partial charge >= 0.3 is 0 Å². The molecule has 0 saturated heterocycles. The van der Waals surface area contributed by atoms with Crippen molar-refractivity contribution < 1.29 is 18.8 Å². The van der Waals surface area contributed by atoms with Gasteiger partial charge in [-0.3, -0.25) is 4.79 Å². The van der Waals surface area contributed by atoms with Gasteiger partial charge in [-0.2, -0.15) is 0 Å². The number of amides is 1. The van der Waals surface area contributed by atoms with Crippen LogP contribution in [0.5, 0.6) is 11.5 Å². The monoisotopic (exact) mass is 380 g/mol. The van der Waals surface area contributed by atoms with Crippen molar-refractivity contribution in [2.75, 3.05) is 14.2 Å². The molecule has 0 fully saturated rings. The SMILES string of the molecule is COc1cc(C)c(C(C)NC(=O)c2cc(-c3ccc(C)cc3)no2)cc1OC. The van der Waals surface area contributed by atoms with Crippen LogP contribution in [0.2, 0.25) is 0 Å². The van der Waals surface area contributed by atoms with Gasteiger partial charge in [0.05, 0.1) is 20.3 Å². The Morgan fingerprint density at radius 1 is 1.04 bits per heavy atom.